The molecule has 0 aromatic heterocycles. The molecule has 0 saturated carbocycles. The molecule has 0 unspecified atom stereocenters. The summed E-state index contributed by atoms with van der Waals surface area (Å²) in [5, 5.41) is 9.25. The van der Waals surface area contributed by atoms with Gasteiger partial charge < -0.3 is 9.84 Å². The van der Waals surface area contributed by atoms with Crippen LogP contribution in [-0.4, -0.2) is 18.2 Å². The van der Waals surface area contributed by atoms with Gasteiger partial charge in [-0.2, -0.15) is 0 Å². The molecule has 0 spiro atoms. The second-order valence-electron chi connectivity index (χ2n) is 6.99. The Labute approximate surface area is 153 Å². The quantitative estimate of drug-likeness (QED) is 0.304. The molecule has 0 amide bonds. The number of ether oxygens (including phenoxy) is 1. The Kier molecular flexibility index (Phi) is 12.7. The Bertz CT molecular complexity index is 439. The summed E-state index contributed by atoms with van der Waals surface area (Å²) < 4.78 is 4.64. The van der Waals surface area contributed by atoms with E-state index < -0.39 is 0 Å². The molecule has 1 rings (SSSR count). The van der Waals surface area contributed by atoms with Gasteiger partial charge in [-0.1, -0.05) is 76.3 Å². The molecule has 25 heavy (non-hydrogen) atoms. The van der Waals surface area contributed by atoms with Gasteiger partial charge in [-0.25, -0.2) is 0 Å². The number of methoxy groups -OCH3 is 1. The van der Waals surface area contributed by atoms with Crippen molar-refractivity contribution in [2.45, 2.75) is 89.9 Å². The van der Waals surface area contributed by atoms with Gasteiger partial charge in [-0.15, -0.1) is 0 Å². The highest BCUT2D eigenvalue weighted by atomic mass is 16.5. The zero-order valence-electron chi connectivity index (χ0n) is 16.0. The third-order valence-corrected chi connectivity index (χ3v) is 4.76. The number of esters is 1. The second-order valence-corrected chi connectivity index (χ2v) is 6.99. The van der Waals surface area contributed by atoms with E-state index in [0.717, 1.165) is 19.3 Å². The molecule has 1 aromatic rings. The van der Waals surface area contributed by atoms with Crippen molar-refractivity contribution >= 4 is 5.97 Å². The maximum absolute atomic E-state index is 11.0. The Morgan fingerprint density at radius 1 is 0.760 bits per heavy atom. The fraction of sp³-hybridized carbons (Fsp3) is 0.682. The first-order chi connectivity index (χ1) is 12.2. The minimum atomic E-state index is -0.0805. The first-order valence-corrected chi connectivity index (χ1v) is 10.1. The molecule has 0 bridgehead atoms. The number of carbonyl (C=O) groups excluding carboxylic acids is 1. The van der Waals surface area contributed by atoms with Crippen LogP contribution in [0.1, 0.15) is 89.0 Å². The largest absolute Gasteiger partial charge is 0.508 e. The Morgan fingerprint density at radius 2 is 1.20 bits per heavy atom. The van der Waals surface area contributed by atoms with Crippen LogP contribution in [0.25, 0.3) is 0 Å². The molecule has 0 aliphatic carbocycles. The smallest absolute Gasteiger partial charge is 0.305 e. The number of aryl methyl sites for hydroxylation is 1. The summed E-state index contributed by atoms with van der Waals surface area (Å²) in [5.74, 6) is 0.271. The molecular weight excluding hydrogens is 312 g/mol. The zero-order chi connectivity index (χ0) is 18.2. The summed E-state index contributed by atoms with van der Waals surface area (Å²) in [6, 6.07) is 7.58. The highest BCUT2D eigenvalue weighted by Gasteiger charge is 1.99. The fourth-order valence-electron chi connectivity index (χ4n) is 3.13. The Balaban J connectivity index is 1.77. The molecule has 0 saturated heterocycles. The van der Waals surface area contributed by atoms with Crippen LogP contribution in [0.4, 0.5) is 0 Å². The third kappa shape index (κ3) is 12.5. The minimum Gasteiger partial charge on any atom is -0.508 e. The topological polar surface area (TPSA) is 46.5 Å². The van der Waals surface area contributed by atoms with E-state index in [0.29, 0.717) is 12.2 Å². The van der Waals surface area contributed by atoms with Gasteiger partial charge in [0.2, 0.25) is 0 Å². The van der Waals surface area contributed by atoms with Crippen molar-refractivity contribution in [3.8, 4) is 5.75 Å². The number of benzene rings is 1. The van der Waals surface area contributed by atoms with E-state index in [4.69, 9.17) is 0 Å². The Morgan fingerprint density at radius 3 is 1.68 bits per heavy atom. The van der Waals surface area contributed by atoms with Gasteiger partial charge in [-0.3, -0.25) is 4.79 Å². The Hall–Kier alpha value is -1.51. The second kappa shape index (κ2) is 14.8. The summed E-state index contributed by atoms with van der Waals surface area (Å²) in [4.78, 5) is 11.0. The highest BCUT2D eigenvalue weighted by molar-refractivity contribution is 5.68. The van der Waals surface area contributed by atoms with Crippen LogP contribution in [0.15, 0.2) is 24.3 Å². The summed E-state index contributed by atoms with van der Waals surface area (Å²) in [6.45, 7) is 0. The van der Waals surface area contributed by atoms with E-state index in [2.05, 4.69) is 4.74 Å². The number of carbonyl (C=O) groups is 1. The number of phenolic OH excluding ortho intramolecular Hbond substituents is 1. The molecule has 1 N–H and O–H groups in total. The van der Waals surface area contributed by atoms with Gasteiger partial charge in [-0.05, 0) is 37.0 Å². The minimum absolute atomic E-state index is 0.0805. The van der Waals surface area contributed by atoms with E-state index in [1.165, 1.54) is 76.9 Å². The maximum Gasteiger partial charge on any atom is 0.305 e. The predicted octanol–water partition coefficient (Wildman–Crippen LogP) is 6.18. The molecule has 0 radical (unpaired) electrons. The van der Waals surface area contributed by atoms with Gasteiger partial charge in [0.25, 0.3) is 0 Å². The summed E-state index contributed by atoms with van der Waals surface area (Å²) in [7, 11) is 1.46. The maximum atomic E-state index is 11.0. The van der Waals surface area contributed by atoms with E-state index in [9.17, 15) is 9.90 Å². The lowest BCUT2D eigenvalue weighted by Gasteiger charge is -2.04. The van der Waals surface area contributed by atoms with E-state index in [1.807, 2.05) is 12.1 Å². The van der Waals surface area contributed by atoms with Gasteiger partial charge >= 0.3 is 5.97 Å². The van der Waals surface area contributed by atoms with Gasteiger partial charge in [0.05, 0.1) is 7.11 Å². The van der Waals surface area contributed by atoms with Crippen molar-refractivity contribution in [3.63, 3.8) is 0 Å². The van der Waals surface area contributed by atoms with Crippen molar-refractivity contribution in [3.05, 3.63) is 29.8 Å². The molecular formula is C22H36O3. The first-order valence-electron chi connectivity index (χ1n) is 10.1. The zero-order valence-corrected chi connectivity index (χ0v) is 16.0. The molecule has 0 aliphatic heterocycles. The molecule has 142 valence electrons. The van der Waals surface area contributed by atoms with Crippen molar-refractivity contribution < 1.29 is 14.6 Å². The van der Waals surface area contributed by atoms with Crippen LogP contribution in [0.2, 0.25) is 0 Å². The number of unbranched alkanes of at least 4 members (excludes halogenated alkanes) is 11. The monoisotopic (exact) mass is 348 g/mol. The summed E-state index contributed by atoms with van der Waals surface area (Å²) >= 11 is 0. The normalized spacial score (nSPS) is 10.8. The van der Waals surface area contributed by atoms with Crippen LogP contribution >= 0.6 is 0 Å². The SMILES string of the molecule is COC(=O)CCCCCCCCCCCCCCc1ccc(O)cc1. The first kappa shape index (κ1) is 21.5. The van der Waals surface area contributed by atoms with Crippen LogP contribution in [-0.2, 0) is 16.0 Å². The summed E-state index contributed by atoms with van der Waals surface area (Å²) in [6.07, 6.45) is 17.0. The molecule has 0 atom stereocenters. The number of rotatable bonds is 15. The average Bonchev–Trinajstić information content (AvgIpc) is 2.63. The fourth-order valence-corrected chi connectivity index (χ4v) is 3.13. The van der Waals surface area contributed by atoms with Gasteiger partial charge in [0, 0.05) is 6.42 Å². The van der Waals surface area contributed by atoms with Crippen LogP contribution in [0.3, 0.4) is 0 Å². The third-order valence-electron chi connectivity index (χ3n) is 4.76. The van der Waals surface area contributed by atoms with Crippen molar-refractivity contribution in [1.29, 1.82) is 0 Å². The van der Waals surface area contributed by atoms with Gasteiger partial charge in [0.15, 0.2) is 0 Å². The molecule has 0 fully saturated rings. The average molecular weight is 349 g/mol. The predicted molar refractivity (Wildman–Crippen MR) is 104 cm³/mol. The highest BCUT2D eigenvalue weighted by Crippen LogP contribution is 2.15. The number of aromatic hydroxyl groups is 1. The lowest BCUT2D eigenvalue weighted by Crippen LogP contribution is -1.99. The molecule has 3 heteroatoms. The standard InChI is InChI=1S/C22H36O3/c1-25-22(24)15-13-11-9-7-5-3-2-4-6-8-10-12-14-20-16-18-21(23)19-17-20/h16-19,23H,2-15H2,1H3. The lowest BCUT2D eigenvalue weighted by atomic mass is 10.0. The molecule has 0 heterocycles. The molecule has 3 nitrogen and oxygen atoms in total. The van der Waals surface area contributed by atoms with Crippen molar-refractivity contribution in [1.82, 2.24) is 0 Å². The van der Waals surface area contributed by atoms with E-state index >= 15 is 0 Å². The number of phenols is 1. The van der Waals surface area contributed by atoms with Crippen LogP contribution < -0.4 is 0 Å². The van der Waals surface area contributed by atoms with E-state index in [-0.39, 0.29) is 5.97 Å². The van der Waals surface area contributed by atoms with E-state index in [1.54, 1.807) is 12.1 Å². The summed E-state index contributed by atoms with van der Waals surface area (Å²) in [5.41, 5.74) is 1.32. The van der Waals surface area contributed by atoms with Crippen molar-refractivity contribution in [2.24, 2.45) is 0 Å². The number of hydrogen-bond donors (Lipinski definition) is 1. The van der Waals surface area contributed by atoms with Crippen LogP contribution in [0, 0.1) is 0 Å². The lowest BCUT2D eigenvalue weighted by molar-refractivity contribution is -0.140. The molecule has 1 aromatic carbocycles. The van der Waals surface area contributed by atoms with Crippen LogP contribution in [0.5, 0.6) is 5.75 Å². The molecule has 0 aliphatic rings. The van der Waals surface area contributed by atoms with Crippen molar-refractivity contribution in [2.75, 3.05) is 7.11 Å². The van der Waals surface area contributed by atoms with Gasteiger partial charge in [0.1, 0.15) is 5.75 Å². The number of hydrogen-bond acceptors (Lipinski definition) is 3.